The van der Waals surface area contributed by atoms with Crippen LogP contribution in [0.3, 0.4) is 0 Å². The Hall–Kier alpha value is -1.84. The number of hydrogen-bond donors (Lipinski definition) is 0. The standard InChI is InChI=1S/C24H28F4/c1-3-5-15-7-9-16(10-8-15)18-13-14-20(24(28)22(18)26)19-12-11-17(6-4-2)21(25)23(19)27/h11-16H,3-10H2,1-2H3/t15-,16-. The van der Waals surface area contributed by atoms with Gasteiger partial charge in [0.05, 0.1) is 0 Å². The van der Waals surface area contributed by atoms with Gasteiger partial charge in [0, 0.05) is 11.1 Å². The summed E-state index contributed by atoms with van der Waals surface area (Å²) in [7, 11) is 0. The van der Waals surface area contributed by atoms with Crippen molar-refractivity contribution in [3.05, 3.63) is 58.7 Å². The molecule has 0 heterocycles. The highest BCUT2D eigenvalue weighted by atomic mass is 19.2. The molecule has 1 aliphatic carbocycles. The summed E-state index contributed by atoms with van der Waals surface area (Å²) in [6.07, 6.45) is 7.14. The fourth-order valence-electron chi connectivity index (χ4n) is 4.52. The van der Waals surface area contributed by atoms with Gasteiger partial charge in [-0.2, -0.15) is 0 Å². The van der Waals surface area contributed by atoms with Crippen molar-refractivity contribution in [2.24, 2.45) is 5.92 Å². The molecule has 152 valence electrons. The van der Waals surface area contributed by atoms with Gasteiger partial charge in [0.15, 0.2) is 23.3 Å². The first-order valence-corrected chi connectivity index (χ1v) is 10.4. The molecule has 1 aliphatic rings. The van der Waals surface area contributed by atoms with Crippen LogP contribution in [0.15, 0.2) is 24.3 Å². The van der Waals surface area contributed by atoms with Gasteiger partial charge in [-0.05, 0) is 55.1 Å². The van der Waals surface area contributed by atoms with Gasteiger partial charge in [-0.3, -0.25) is 0 Å². The molecular formula is C24H28F4. The summed E-state index contributed by atoms with van der Waals surface area (Å²) in [4.78, 5) is 0. The summed E-state index contributed by atoms with van der Waals surface area (Å²) in [6.45, 7) is 4.03. The topological polar surface area (TPSA) is 0 Å². The van der Waals surface area contributed by atoms with Crippen molar-refractivity contribution >= 4 is 0 Å². The molecule has 0 N–H and O–H groups in total. The molecule has 0 nitrogen and oxygen atoms in total. The van der Waals surface area contributed by atoms with Crippen LogP contribution >= 0.6 is 0 Å². The average Bonchev–Trinajstić information content (AvgIpc) is 2.69. The van der Waals surface area contributed by atoms with Gasteiger partial charge in [-0.1, -0.05) is 57.4 Å². The van der Waals surface area contributed by atoms with E-state index in [2.05, 4.69) is 6.92 Å². The highest BCUT2D eigenvalue weighted by Crippen LogP contribution is 2.40. The Labute approximate surface area is 165 Å². The Morgan fingerprint density at radius 1 is 0.714 bits per heavy atom. The SMILES string of the molecule is CCCc1ccc(-c2ccc([C@H]3CC[C@H](CCC)CC3)c(F)c2F)c(F)c1F. The highest BCUT2D eigenvalue weighted by molar-refractivity contribution is 5.66. The Morgan fingerprint density at radius 3 is 1.93 bits per heavy atom. The van der Waals surface area contributed by atoms with Crippen LogP contribution in [-0.4, -0.2) is 0 Å². The first-order chi connectivity index (χ1) is 13.5. The lowest BCUT2D eigenvalue weighted by atomic mass is 9.77. The zero-order valence-electron chi connectivity index (χ0n) is 16.6. The van der Waals surface area contributed by atoms with Crippen molar-refractivity contribution in [3.8, 4) is 11.1 Å². The summed E-state index contributed by atoms with van der Waals surface area (Å²) in [5, 5.41) is 0. The molecule has 0 unspecified atom stereocenters. The zero-order valence-corrected chi connectivity index (χ0v) is 16.6. The normalized spacial score (nSPS) is 19.8. The second-order valence-electron chi connectivity index (χ2n) is 7.99. The molecule has 0 saturated heterocycles. The van der Waals surface area contributed by atoms with Crippen LogP contribution in [0.2, 0.25) is 0 Å². The number of rotatable bonds is 6. The summed E-state index contributed by atoms with van der Waals surface area (Å²) >= 11 is 0. The lowest BCUT2D eigenvalue weighted by Crippen LogP contribution is -2.15. The van der Waals surface area contributed by atoms with Crippen molar-refractivity contribution in [3.63, 3.8) is 0 Å². The molecule has 28 heavy (non-hydrogen) atoms. The molecule has 0 atom stereocenters. The number of hydrogen-bond acceptors (Lipinski definition) is 0. The van der Waals surface area contributed by atoms with Crippen LogP contribution in [0.1, 0.15) is 75.8 Å². The van der Waals surface area contributed by atoms with Gasteiger partial charge < -0.3 is 0 Å². The van der Waals surface area contributed by atoms with Crippen molar-refractivity contribution < 1.29 is 17.6 Å². The lowest BCUT2D eigenvalue weighted by Gasteiger charge is -2.29. The molecule has 1 saturated carbocycles. The van der Waals surface area contributed by atoms with Crippen molar-refractivity contribution in [2.45, 2.75) is 71.1 Å². The summed E-state index contributed by atoms with van der Waals surface area (Å²) < 4.78 is 58.4. The molecule has 1 fully saturated rings. The fourth-order valence-corrected chi connectivity index (χ4v) is 4.52. The van der Waals surface area contributed by atoms with Crippen LogP contribution in [0.5, 0.6) is 0 Å². The van der Waals surface area contributed by atoms with Crippen LogP contribution in [0.25, 0.3) is 11.1 Å². The van der Waals surface area contributed by atoms with Crippen LogP contribution in [-0.2, 0) is 6.42 Å². The van der Waals surface area contributed by atoms with E-state index in [0.29, 0.717) is 24.3 Å². The summed E-state index contributed by atoms with van der Waals surface area (Å²) in [5.41, 5.74) is 0.164. The van der Waals surface area contributed by atoms with E-state index in [0.717, 1.165) is 32.1 Å². The number of halogens is 4. The van der Waals surface area contributed by atoms with E-state index < -0.39 is 23.3 Å². The Kier molecular flexibility index (Phi) is 6.79. The smallest absolute Gasteiger partial charge is 0.167 e. The molecule has 0 aromatic heterocycles. The second kappa shape index (κ2) is 9.11. The predicted molar refractivity (Wildman–Crippen MR) is 105 cm³/mol. The third-order valence-electron chi connectivity index (χ3n) is 6.07. The van der Waals surface area contributed by atoms with Crippen LogP contribution in [0.4, 0.5) is 17.6 Å². The Morgan fingerprint density at radius 2 is 1.32 bits per heavy atom. The van der Waals surface area contributed by atoms with E-state index in [-0.39, 0.29) is 22.6 Å². The molecule has 2 aromatic carbocycles. The quantitative estimate of drug-likeness (QED) is 0.438. The van der Waals surface area contributed by atoms with Crippen molar-refractivity contribution in [1.29, 1.82) is 0 Å². The fraction of sp³-hybridized carbons (Fsp3) is 0.500. The minimum absolute atomic E-state index is 0.00910. The number of benzene rings is 2. The molecule has 0 bridgehead atoms. The van der Waals surface area contributed by atoms with Gasteiger partial charge in [-0.15, -0.1) is 0 Å². The van der Waals surface area contributed by atoms with E-state index in [9.17, 15) is 17.6 Å². The second-order valence-corrected chi connectivity index (χ2v) is 7.99. The molecule has 0 spiro atoms. The van der Waals surface area contributed by atoms with Crippen LogP contribution in [0, 0.1) is 29.2 Å². The van der Waals surface area contributed by atoms with Gasteiger partial charge in [0.1, 0.15) is 0 Å². The first kappa shape index (κ1) is 20.9. The van der Waals surface area contributed by atoms with Crippen molar-refractivity contribution in [2.75, 3.05) is 0 Å². The lowest BCUT2D eigenvalue weighted by molar-refractivity contribution is 0.303. The van der Waals surface area contributed by atoms with Crippen molar-refractivity contribution in [1.82, 2.24) is 0 Å². The van der Waals surface area contributed by atoms with Crippen LogP contribution < -0.4 is 0 Å². The molecular weight excluding hydrogens is 364 g/mol. The Balaban J connectivity index is 1.88. The van der Waals surface area contributed by atoms with E-state index in [1.165, 1.54) is 24.6 Å². The van der Waals surface area contributed by atoms with Gasteiger partial charge in [0.25, 0.3) is 0 Å². The summed E-state index contributed by atoms with van der Waals surface area (Å²) in [6, 6.07) is 5.74. The van der Waals surface area contributed by atoms with E-state index >= 15 is 0 Å². The summed E-state index contributed by atoms with van der Waals surface area (Å²) in [5.74, 6) is -3.43. The molecule has 2 aromatic rings. The molecule has 3 rings (SSSR count). The third kappa shape index (κ3) is 4.11. The monoisotopic (exact) mass is 392 g/mol. The molecule has 0 radical (unpaired) electrons. The zero-order chi connectivity index (χ0) is 20.3. The van der Waals surface area contributed by atoms with Gasteiger partial charge in [0.2, 0.25) is 0 Å². The minimum Gasteiger partial charge on any atom is -0.203 e. The molecule has 0 amide bonds. The largest absolute Gasteiger partial charge is 0.203 e. The van der Waals surface area contributed by atoms with Gasteiger partial charge >= 0.3 is 0 Å². The maximum absolute atomic E-state index is 14.8. The maximum Gasteiger partial charge on any atom is 0.167 e. The number of aryl methyl sites for hydroxylation is 1. The molecule has 0 aliphatic heterocycles. The average molecular weight is 392 g/mol. The molecule has 4 heteroatoms. The Bertz CT molecular complexity index is 820. The third-order valence-corrected chi connectivity index (χ3v) is 6.07. The highest BCUT2D eigenvalue weighted by Gasteiger charge is 2.27. The van der Waals surface area contributed by atoms with E-state index in [1.54, 1.807) is 6.07 Å². The predicted octanol–water partition coefficient (Wildman–Crippen LogP) is 7.94. The first-order valence-electron chi connectivity index (χ1n) is 10.4. The minimum atomic E-state index is -1.11. The maximum atomic E-state index is 14.8. The van der Waals surface area contributed by atoms with E-state index in [1.807, 2.05) is 6.92 Å². The van der Waals surface area contributed by atoms with Gasteiger partial charge in [-0.25, -0.2) is 17.6 Å². The van der Waals surface area contributed by atoms with E-state index in [4.69, 9.17) is 0 Å².